The van der Waals surface area contributed by atoms with Gasteiger partial charge in [-0.15, -0.1) is 0 Å². The van der Waals surface area contributed by atoms with Crippen molar-refractivity contribution < 1.29 is 66.4 Å². The van der Waals surface area contributed by atoms with Gasteiger partial charge in [-0.2, -0.15) is 0 Å². The van der Waals surface area contributed by atoms with E-state index in [1.165, 1.54) is 19.2 Å². The molecule has 0 aliphatic heterocycles. The molecule has 1 atom stereocenters. The summed E-state index contributed by atoms with van der Waals surface area (Å²) >= 11 is 0. The molecule has 0 aromatic carbocycles. The molecule has 1 aromatic rings. The van der Waals surface area contributed by atoms with Crippen LogP contribution in [-0.4, -0.2) is 16.1 Å². The number of carbonyl (C=O) groups is 1. The molecule has 0 aliphatic rings. The molecule has 0 aliphatic carbocycles. The van der Waals surface area contributed by atoms with Crippen molar-refractivity contribution in [2.24, 2.45) is 0 Å². The van der Waals surface area contributed by atoms with E-state index in [4.69, 9.17) is 5.11 Å². The number of aliphatic hydroxyl groups excluding tert-OH is 1. The Balaban J connectivity index is 0.00000144. The number of carboxylic acid groups (broad SMARTS) is 1. The first-order valence-corrected chi connectivity index (χ1v) is 3.47. The van der Waals surface area contributed by atoms with Gasteiger partial charge in [-0.05, 0) is 13.0 Å². The largest absolute Gasteiger partial charge is 1.00 e. The normalized spacial score (nSPS) is 11.5. The van der Waals surface area contributed by atoms with Crippen LogP contribution in [0.3, 0.4) is 0 Å². The van der Waals surface area contributed by atoms with E-state index < -0.39 is 12.1 Å². The number of hydrogen-bond donors (Lipinski definition) is 1. The van der Waals surface area contributed by atoms with Crippen molar-refractivity contribution in [3.8, 4) is 0 Å². The Morgan fingerprint density at radius 3 is 2.69 bits per heavy atom. The van der Waals surface area contributed by atoms with Crippen LogP contribution in [0, 0.1) is 0 Å². The second-order valence-electron chi connectivity index (χ2n) is 2.40. The van der Waals surface area contributed by atoms with Gasteiger partial charge in [0.25, 0.3) is 0 Å². The van der Waals surface area contributed by atoms with Crippen LogP contribution in [0.1, 0.15) is 29.1 Å². The Kier molecular flexibility index (Phi) is 5.94. The predicted octanol–water partition coefficient (Wildman–Crippen LogP) is -3.50. The molecule has 0 bridgehead atoms. The van der Waals surface area contributed by atoms with Gasteiger partial charge in [0.1, 0.15) is 0 Å². The van der Waals surface area contributed by atoms with E-state index in [2.05, 4.69) is 4.98 Å². The van der Waals surface area contributed by atoms with Crippen LogP contribution in [-0.2, 0) is 0 Å². The molecular weight excluding hydrogens is 197 g/mol. The van der Waals surface area contributed by atoms with Crippen molar-refractivity contribution in [1.82, 2.24) is 4.98 Å². The molecule has 1 rings (SSSR count). The smallest absolute Gasteiger partial charge is 0.543 e. The Morgan fingerprint density at radius 2 is 2.31 bits per heavy atom. The van der Waals surface area contributed by atoms with Gasteiger partial charge in [-0.1, -0.05) is 6.07 Å². The van der Waals surface area contributed by atoms with Crippen molar-refractivity contribution in [2.75, 3.05) is 0 Å². The Hall–Kier alpha value is 0.216. The zero-order valence-electron chi connectivity index (χ0n) is 7.52. The topological polar surface area (TPSA) is 73.2 Å². The minimum absolute atomic E-state index is 0. The van der Waals surface area contributed by atoms with Gasteiger partial charge in [0.05, 0.1) is 17.8 Å². The van der Waals surface area contributed by atoms with Crippen molar-refractivity contribution in [3.63, 3.8) is 0 Å². The first-order chi connectivity index (χ1) is 5.63. The van der Waals surface area contributed by atoms with Crippen LogP contribution in [0.2, 0.25) is 0 Å². The van der Waals surface area contributed by atoms with Gasteiger partial charge in [0.2, 0.25) is 0 Å². The van der Waals surface area contributed by atoms with E-state index in [1.807, 2.05) is 0 Å². The van der Waals surface area contributed by atoms with E-state index in [0.29, 0.717) is 0 Å². The molecule has 0 spiro atoms. The van der Waals surface area contributed by atoms with Crippen molar-refractivity contribution >= 4 is 5.97 Å². The molecule has 1 heterocycles. The quantitative estimate of drug-likeness (QED) is 0.509. The molecular formula is C8H8KNO3. The maximum absolute atomic E-state index is 10.4. The van der Waals surface area contributed by atoms with E-state index in [-0.39, 0.29) is 62.6 Å². The molecule has 0 amide bonds. The SMILES string of the molecule is CC(O)c1cccnc1C(=O)[O-].[K+]. The Morgan fingerprint density at radius 1 is 1.69 bits per heavy atom. The molecule has 1 aromatic heterocycles. The summed E-state index contributed by atoms with van der Waals surface area (Å²) in [4.78, 5) is 14.0. The summed E-state index contributed by atoms with van der Waals surface area (Å²) in [5, 5.41) is 19.6. The van der Waals surface area contributed by atoms with Crippen molar-refractivity contribution in [1.29, 1.82) is 0 Å². The molecule has 1 unspecified atom stereocenters. The van der Waals surface area contributed by atoms with E-state index in [9.17, 15) is 9.90 Å². The molecule has 64 valence electrons. The summed E-state index contributed by atoms with van der Waals surface area (Å²) in [5.41, 5.74) is 0.0741. The molecule has 4 nitrogen and oxygen atoms in total. The van der Waals surface area contributed by atoms with Gasteiger partial charge in [-0.25, -0.2) is 0 Å². The number of carboxylic acids is 1. The van der Waals surface area contributed by atoms with Gasteiger partial charge in [0.15, 0.2) is 0 Å². The third kappa shape index (κ3) is 3.45. The van der Waals surface area contributed by atoms with Crippen molar-refractivity contribution in [3.05, 3.63) is 29.6 Å². The minimum atomic E-state index is -1.37. The van der Waals surface area contributed by atoms with Crippen molar-refractivity contribution in [2.45, 2.75) is 13.0 Å². The zero-order valence-corrected chi connectivity index (χ0v) is 10.6. The van der Waals surface area contributed by atoms with E-state index >= 15 is 0 Å². The van der Waals surface area contributed by atoms with E-state index in [0.717, 1.165) is 0 Å². The number of aromatic carboxylic acids is 1. The van der Waals surface area contributed by atoms with E-state index in [1.54, 1.807) is 6.07 Å². The maximum Gasteiger partial charge on any atom is 1.00 e. The van der Waals surface area contributed by atoms with Gasteiger partial charge in [0, 0.05) is 11.8 Å². The second kappa shape index (κ2) is 5.84. The Labute approximate surface area is 118 Å². The summed E-state index contributed by atoms with van der Waals surface area (Å²) in [6.45, 7) is 1.48. The summed E-state index contributed by atoms with van der Waals surface area (Å²) in [6.07, 6.45) is 0.503. The molecule has 5 heteroatoms. The van der Waals surface area contributed by atoms with Crippen LogP contribution >= 0.6 is 0 Å². The zero-order chi connectivity index (χ0) is 9.14. The molecule has 0 fully saturated rings. The summed E-state index contributed by atoms with van der Waals surface area (Å²) < 4.78 is 0. The third-order valence-electron chi connectivity index (χ3n) is 1.48. The average Bonchev–Trinajstić information content (AvgIpc) is 2.04. The Bertz CT molecular complexity index is 301. The summed E-state index contributed by atoms with van der Waals surface area (Å²) in [6, 6.07) is 3.07. The fourth-order valence-corrected chi connectivity index (χ4v) is 0.925. The first kappa shape index (κ1) is 13.2. The number of rotatable bonds is 2. The van der Waals surface area contributed by atoms with Gasteiger partial charge >= 0.3 is 51.4 Å². The minimum Gasteiger partial charge on any atom is -0.543 e. The number of nitrogens with zero attached hydrogens (tertiary/aromatic N) is 1. The average molecular weight is 205 g/mol. The van der Waals surface area contributed by atoms with Crippen LogP contribution in [0.5, 0.6) is 0 Å². The first-order valence-electron chi connectivity index (χ1n) is 3.47. The van der Waals surface area contributed by atoms with Gasteiger partial charge in [-0.3, -0.25) is 4.98 Å². The molecule has 0 saturated carbocycles. The summed E-state index contributed by atoms with van der Waals surface area (Å²) in [5.74, 6) is -1.37. The second-order valence-corrected chi connectivity index (χ2v) is 2.40. The fraction of sp³-hybridized carbons (Fsp3) is 0.250. The summed E-state index contributed by atoms with van der Waals surface area (Å²) in [7, 11) is 0. The standard InChI is InChI=1S/C8H9NO3.K/c1-5(10)6-3-2-4-9-7(6)8(11)12;/h2-5,10H,1H3,(H,11,12);/q;+1/p-1. The fourth-order valence-electron chi connectivity index (χ4n) is 0.925. The number of carbonyl (C=O) groups excluding carboxylic acids is 1. The maximum atomic E-state index is 10.4. The number of hydrogen-bond acceptors (Lipinski definition) is 4. The van der Waals surface area contributed by atoms with Crippen LogP contribution in [0.15, 0.2) is 18.3 Å². The number of pyridine rings is 1. The van der Waals surface area contributed by atoms with Crippen LogP contribution in [0.25, 0.3) is 0 Å². The van der Waals surface area contributed by atoms with Gasteiger partial charge < -0.3 is 15.0 Å². The van der Waals surface area contributed by atoms with Crippen LogP contribution in [0.4, 0.5) is 0 Å². The molecule has 0 radical (unpaired) electrons. The molecule has 0 saturated heterocycles. The monoisotopic (exact) mass is 205 g/mol. The molecule has 1 N–H and O–H groups in total. The third-order valence-corrected chi connectivity index (χ3v) is 1.48. The predicted molar refractivity (Wildman–Crippen MR) is 39.2 cm³/mol. The number of aromatic nitrogens is 1. The van der Waals surface area contributed by atoms with Crippen LogP contribution < -0.4 is 56.5 Å². The molecule has 13 heavy (non-hydrogen) atoms. The number of aliphatic hydroxyl groups is 1.